The maximum absolute atomic E-state index is 13.2. The van der Waals surface area contributed by atoms with Gasteiger partial charge in [0.1, 0.15) is 0 Å². The molecule has 4 aromatic rings. The highest BCUT2D eigenvalue weighted by Crippen LogP contribution is 2.17. The number of nitrogens with zero attached hydrogens (tertiary/aromatic N) is 4. The van der Waals surface area contributed by atoms with E-state index in [-0.39, 0.29) is 5.56 Å². The Morgan fingerprint density at radius 1 is 0.935 bits per heavy atom. The van der Waals surface area contributed by atoms with Crippen molar-refractivity contribution in [3.8, 4) is 5.69 Å². The summed E-state index contributed by atoms with van der Waals surface area (Å²) >= 11 is 0. The zero-order chi connectivity index (χ0) is 21.6. The number of nitrogens with one attached hydrogen (secondary N) is 1. The van der Waals surface area contributed by atoms with Gasteiger partial charge in [0.05, 0.1) is 22.8 Å². The molecular weight excluding hydrogens is 386 g/mol. The van der Waals surface area contributed by atoms with Crippen molar-refractivity contribution in [2.45, 2.75) is 13.8 Å². The maximum atomic E-state index is 13.2. The molecule has 0 spiro atoms. The summed E-state index contributed by atoms with van der Waals surface area (Å²) in [4.78, 5) is 20.1. The van der Waals surface area contributed by atoms with E-state index in [1.54, 1.807) is 16.8 Å². The summed E-state index contributed by atoms with van der Waals surface area (Å²) in [7, 11) is 0. The van der Waals surface area contributed by atoms with Crippen LogP contribution in [0.1, 0.15) is 19.4 Å². The first kappa shape index (κ1) is 20.3. The first-order chi connectivity index (χ1) is 15.2. The van der Waals surface area contributed by atoms with Gasteiger partial charge >= 0.3 is 0 Å². The average Bonchev–Trinajstić information content (AvgIpc) is 2.82. The van der Waals surface area contributed by atoms with Crippen LogP contribution in [0.3, 0.4) is 0 Å². The van der Waals surface area contributed by atoms with Gasteiger partial charge in [0.25, 0.3) is 5.56 Å². The van der Waals surface area contributed by atoms with Crippen molar-refractivity contribution >= 4 is 28.8 Å². The number of anilines is 2. The number of rotatable bonds is 7. The fourth-order valence-corrected chi connectivity index (χ4v) is 3.55. The fraction of sp³-hybridized carbons (Fsp3) is 0.160. The minimum atomic E-state index is -0.141. The standard InChI is InChI=1S/C25H25N5O/c1-3-29(4-2)20-16-14-19(15-17-20)18-26-28-25-27-23-13-9-8-12-22(23)24(31)30(25)21-10-6-5-7-11-21/h5-18H,3-4H2,1-2H3,(H,27,28). The van der Waals surface area contributed by atoms with E-state index in [9.17, 15) is 4.79 Å². The fourth-order valence-electron chi connectivity index (χ4n) is 3.55. The van der Waals surface area contributed by atoms with Gasteiger partial charge in [0, 0.05) is 18.8 Å². The van der Waals surface area contributed by atoms with Gasteiger partial charge < -0.3 is 4.90 Å². The van der Waals surface area contributed by atoms with E-state index in [1.807, 2.05) is 60.7 Å². The van der Waals surface area contributed by atoms with Gasteiger partial charge in [-0.05, 0) is 55.8 Å². The van der Waals surface area contributed by atoms with Crippen molar-refractivity contribution in [1.29, 1.82) is 0 Å². The normalized spacial score (nSPS) is 11.2. The summed E-state index contributed by atoms with van der Waals surface area (Å²) in [6, 6.07) is 25.0. The van der Waals surface area contributed by atoms with Crippen LogP contribution in [-0.4, -0.2) is 28.9 Å². The third-order valence-electron chi connectivity index (χ3n) is 5.19. The zero-order valence-electron chi connectivity index (χ0n) is 17.7. The summed E-state index contributed by atoms with van der Waals surface area (Å²) in [5, 5.41) is 4.91. The Kier molecular flexibility index (Phi) is 6.08. The summed E-state index contributed by atoms with van der Waals surface area (Å²) in [6.07, 6.45) is 1.72. The smallest absolute Gasteiger partial charge is 0.267 e. The largest absolute Gasteiger partial charge is 0.372 e. The van der Waals surface area contributed by atoms with Gasteiger partial charge in [0.2, 0.25) is 5.95 Å². The minimum Gasteiger partial charge on any atom is -0.372 e. The SMILES string of the molecule is CCN(CC)c1ccc(C=NNc2nc3ccccc3c(=O)n2-c2ccccc2)cc1. The highest BCUT2D eigenvalue weighted by atomic mass is 16.1. The maximum Gasteiger partial charge on any atom is 0.267 e. The highest BCUT2D eigenvalue weighted by Gasteiger charge is 2.12. The molecule has 1 heterocycles. The lowest BCUT2D eigenvalue weighted by Crippen LogP contribution is -2.22. The molecule has 0 fully saturated rings. The van der Waals surface area contributed by atoms with E-state index in [1.165, 1.54) is 5.69 Å². The Morgan fingerprint density at radius 3 is 2.32 bits per heavy atom. The number of aromatic nitrogens is 2. The van der Waals surface area contributed by atoms with Crippen LogP contribution in [0.25, 0.3) is 16.6 Å². The topological polar surface area (TPSA) is 62.5 Å². The molecule has 0 radical (unpaired) electrons. The molecular formula is C25H25N5O. The molecule has 1 aromatic heterocycles. The molecule has 156 valence electrons. The lowest BCUT2D eigenvalue weighted by molar-refractivity contribution is 0.866. The van der Waals surface area contributed by atoms with Crippen LogP contribution in [0.15, 0.2) is 88.8 Å². The van der Waals surface area contributed by atoms with Crippen molar-refractivity contribution in [1.82, 2.24) is 9.55 Å². The molecule has 31 heavy (non-hydrogen) atoms. The van der Waals surface area contributed by atoms with E-state index >= 15 is 0 Å². The Hall–Kier alpha value is -3.93. The first-order valence-electron chi connectivity index (χ1n) is 10.4. The molecule has 0 aliphatic rings. The van der Waals surface area contributed by atoms with E-state index < -0.39 is 0 Å². The number of hydrogen-bond acceptors (Lipinski definition) is 5. The van der Waals surface area contributed by atoms with Gasteiger partial charge in [-0.25, -0.2) is 15.0 Å². The van der Waals surface area contributed by atoms with Crippen molar-refractivity contribution in [2.75, 3.05) is 23.4 Å². The van der Waals surface area contributed by atoms with E-state index in [2.05, 4.69) is 46.4 Å². The monoisotopic (exact) mass is 411 g/mol. The van der Waals surface area contributed by atoms with Gasteiger partial charge in [-0.1, -0.05) is 42.5 Å². The van der Waals surface area contributed by atoms with Crippen LogP contribution >= 0.6 is 0 Å². The molecule has 0 bridgehead atoms. The number of hydrazone groups is 1. The van der Waals surface area contributed by atoms with Gasteiger partial charge in [-0.15, -0.1) is 0 Å². The van der Waals surface area contributed by atoms with Crippen LogP contribution < -0.4 is 15.9 Å². The number of fused-ring (bicyclic) bond motifs is 1. The molecule has 0 aliphatic heterocycles. The first-order valence-corrected chi connectivity index (χ1v) is 10.4. The molecule has 0 amide bonds. The van der Waals surface area contributed by atoms with Gasteiger partial charge in [-0.2, -0.15) is 5.10 Å². The van der Waals surface area contributed by atoms with E-state index in [4.69, 9.17) is 0 Å². The van der Waals surface area contributed by atoms with Crippen molar-refractivity contribution in [3.05, 3.63) is 94.8 Å². The molecule has 0 saturated heterocycles. The van der Waals surface area contributed by atoms with Crippen molar-refractivity contribution < 1.29 is 0 Å². The van der Waals surface area contributed by atoms with Crippen LogP contribution in [-0.2, 0) is 0 Å². The van der Waals surface area contributed by atoms with Crippen LogP contribution in [0, 0.1) is 0 Å². The third-order valence-corrected chi connectivity index (χ3v) is 5.19. The minimum absolute atomic E-state index is 0.141. The molecule has 1 N–H and O–H groups in total. The van der Waals surface area contributed by atoms with Crippen molar-refractivity contribution in [2.24, 2.45) is 5.10 Å². The van der Waals surface area contributed by atoms with Crippen LogP contribution in [0.2, 0.25) is 0 Å². The summed E-state index contributed by atoms with van der Waals surface area (Å²) in [6.45, 7) is 6.23. The quantitative estimate of drug-likeness (QED) is 0.354. The van der Waals surface area contributed by atoms with Gasteiger partial charge in [0.15, 0.2) is 0 Å². The van der Waals surface area contributed by atoms with Crippen LogP contribution in [0.5, 0.6) is 0 Å². The van der Waals surface area contributed by atoms with E-state index in [0.717, 1.165) is 24.3 Å². The third kappa shape index (κ3) is 4.33. The Balaban J connectivity index is 1.66. The number of hydrogen-bond donors (Lipinski definition) is 1. The molecule has 0 atom stereocenters. The lowest BCUT2D eigenvalue weighted by Gasteiger charge is -2.20. The van der Waals surface area contributed by atoms with Crippen molar-refractivity contribution in [3.63, 3.8) is 0 Å². The molecule has 0 saturated carbocycles. The van der Waals surface area contributed by atoms with E-state index in [0.29, 0.717) is 16.9 Å². The Labute approximate surface area is 181 Å². The second kappa shape index (κ2) is 9.26. The number of para-hydroxylation sites is 2. The number of benzene rings is 3. The Morgan fingerprint density at radius 2 is 1.61 bits per heavy atom. The zero-order valence-corrected chi connectivity index (χ0v) is 17.7. The molecule has 3 aromatic carbocycles. The molecule has 0 aliphatic carbocycles. The molecule has 0 unspecified atom stereocenters. The summed E-state index contributed by atoms with van der Waals surface area (Å²) in [5.41, 5.74) is 6.32. The summed E-state index contributed by atoms with van der Waals surface area (Å²) < 4.78 is 1.54. The molecule has 6 heteroatoms. The lowest BCUT2D eigenvalue weighted by atomic mass is 10.2. The van der Waals surface area contributed by atoms with Crippen LogP contribution in [0.4, 0.5) is 11.6 Å². The summed E-state index contributed by atoms with van der Waals surface area (Å²) in [5.74, 6) is 0.367. The second-order valence-corrected chi connectivity index (χ2v) is 7.06. The molecule has 6 nitrogen and oxygen atoms in total. The highest BCUT2D eigenvalue weighted by molar-refractivity contribution is 5.82. The predicted molar refractivity (Wildman–Crippen MR) is 129 cm³/mol. The Bertz CT molecular complexity index is 1240. The van der Waals surface area contributed by atoms with Gasteiger partial charge in [-0.3, -0.25) is 4.79 Å². The predicted octanol–water partition coefficient (Wildman–Crippen LogP) is 4.68. The average molecular weight is 412 g/mol. The second-order valence-electron chi connectivity index (χ2n) is 7.06. The molecule has 4 rings (SSSR count).